The van der Waals surface area contributed by atoms with Gasteiger partial charge in [-0.05, 0) is 29.7 Å². The van der Waals surface area contributed by atoms with Crippen molar-refractivity contribution < 1.29 is 14.0 Å². The standard InChI is InChI=1S/C18H14O2.C2H5NO.C2H6/c19-13-17-5-2-1-4-16(17)12-14-7-9-15(10-8-14)18-6-3-11-20-18;1-3-2-4;1-2/h1-11,13H,12H2;2H,1H3,(H,3,4);1-2H3. The molecule has 0 fully saturated rings. The normalized spacial score (nSPS) is 9.04. The van der Waals surface area contributed by atoms with Crippen molar-refractivity contribution in [2.75, 3.05) is 7.05 Å². The molecule has 4 heteroatoms. The number of furan rings is 1. The van der Waals surface area contributed by atoms with Crippen molar-refractivity contribution in [1.29, 1.82) is 0 Å². The van der Waals surface area contributed by atoms with Crippen LogP contribution in [0.3, 0.4) is 0 Å². The summed E-state index contributed by atoms with van der Waals surface area (Å²) in [5, 5.41) is 2.25. The van der Waals surface area contributed by atoms with E-state index in [1.807, 2.05) is 62.4 Å². The smallest absolute Gasteiger partial charge is 0.206 e. The van der Waals surface area contributed by atoms with Crippen LogP contribution < -0.4 is 5.32 Å². The van der Waals surface area contributed by atoms with Gasteiger partial charge < -0.3 is 9.73 Å². The van der Waals surface area contributed by atoms with Crippen LogP contribution >= 0.6 is 0 Å². The van der Waals surface area contributed by atoms with Gasteiger partial charge in [-0.25, -0.2) is 0 Å². The molecule has 0 unspecified atom stereocenters. The lowest BCUT2D eigenvalue weighted by atomic mass is 9.99. The largest absolute Gasteiger partial charge is 0.464 e. The Balaban J connectivity index is 0.000000500. The minimum Gasteiger partial charge on any atom is -0.464 e. The van der Waals surface area contributed by atoms with E-state index in [1.165, 1.54) is 5.56 Å². The number of aldehydes is 1. The third-order valence-corrected chi connectivity index (χ3v) is 3.45. The highest BCUT2D eigenvalue weighted by Crippen LogP contribution is 2.21. The second-order valence-electron chi connectivity index (χ2n) is 5.07. The minimum atomic E-state index is 0.625. The molecule has 1 N–H and O–H groups in total. The van der Waals surface area contributed by atoms with Gasteiger partial charge in [0.2, 0.25) is 6.41 Å². The fraction of sp³-hybridized carbons (Fsp3) is 0.182. The first-order valence-corrected chi connectivity index (χ1v) is 8.55. The van der Waals surface area contributed by atoms with Crippen LogP contribution in [0, 0.1) is 0 Å². The summed E-state index contributed by atoms with van der Waals surface area (Å²) in [5.41, 5.74) is 4.04. The Morgan fingerprint density at radius 3 is 2.12 bits per heavy atom. The SMILES string of the molecule is CC.CNC=O.O=Cc1ccccc1Cc1ccc(-c2ccco2)cc1. The minimum absolute atomic E-state index is 0.625. The summed E-state index contributed by atoms with van der Waals surface area (Å²) in [7, 11) is 1.56. The van der Waals surface area contributed by atoms with Crippen LogP contribution in [0.4, 0.5) is 0 Å². The number of benzene rings is 2. The molecule has 1 heterocycles. The number of carbonyl (C=O) groups excluding carboxylic acids is 2. The van der Waals surface area contributed by atoms with Crippen molar-refractivity contribution in [2.24, 2.45) is 0 Å². The molecule has 0 saturated heterocycles. The van der Waals surface area contributed by atoms with Crippen LogP contribution in [0.5, 0.6) is 0 Å². The van der Waals surface area contributed by atoms with E-state index < -0.39 is 0 Å². The van der Waals surface area contributed by atoms with E-state index in [0.29, 0.717) is 6.41 Å². The topological polar surface area (TPSA) is 59.3 Å². The average molecular weight is 351 g/mol. The molecule has 0 saturated carbocycles. The van der Waals surface area contributed by atoms with Crippen molar-refractivity contribution in [2.45, 2.75) is 20.3 Å². The van der Waals surface area contributed by atoms with Crippen LogP contribution in [0.2, 0.25) is 0 Å². The molecule has 1 amide bonds. The molecular weight excluding hydrogens is 326 g/mol. The van der Waals surface area contributed by atoms with E-state index in [-0.39, 0.29) is 0 Å². The lowest BCUT2D eigenvalue weighted by Gasteiger charge is -2.05. The number of hydrogen-bond acceptors (Lipinski definition) is 3. The molecule has 136 valence electrons. The van der Waals surface area contributed by atoms with E-state index in [2.05, 4.69) is 17.4 Å². The molecule has 0 bridgehead atoms. The van der Waals surface area contributed by atoms with Crippen LogP contribution in [0.1, 0.15) is 35.3 Å². The van der Waals surface area contributed by atoms with Gasteiger partial charge in [-0.15, -0.1) is 0 Å². The molecule has 0 spiro atoms. The molecule has 0 radical (unpaired) electrons. The second-order valence-corrected chi connectivity index (χ2v) is 5.07. The van der Waals surface area contributed by atoms with Gasteiger partial charge in [0.05, 0.1) is 6.26 Å². The van der Waals surface area contributed by atoms with Crippen LogP contribution in [-0.4, -0.2) is 19.7 Å². The highest BCUT2D eigenvalue weighted by Gasteiger charge is 2.04. The van der Waals surface area contributed by atoms with E-state index in [0.717, 1.165) is 35.2 Å². The third-order valence-electron chi connectivity index (χ3n) is 3.45. The van der Waals surface area contributed by atoms with Crippen molar-refractivity contribution in [3.05, 3.63) is 83.6 Å². The Morgan fingerprint density at radius 2 is 1.58 bits per heavy atom. The zero-order valence-electron chi connectivity index (χ0n) is 15.4. The van der Waals surface area contributed by atoms with Crippen molar-refractivity contribution >= 4 is 12.7 Å². The van der Waals surface area contributed by atoms with Gasteiger partial charge in [0.25, 0.3) is 0 Å². The van der Waals surface area contributed by atoms with Crippen molar-refractivity contribution in [1.82, 2.24) is 5.32 Å². The van der Waals surface area contributed by atoms with Crippen LogP contribution in [0.15, 0.2) is 71.3 Å². The van der Waals surface area contributed by atoms with E-state index in [1.54, 1.807) is 13.3 Å². The van der Waals surface area contributed by atoms with Crippen molar-refractivity contribution in [3.63, 3.8) is 0 Å². The molecule has 0 atom stereocenters. The zero-order chi connectivity index (χ0) is 19.2. The Labute approximate surface area is 154 Å². The summed E-state index contributed by atoms with van der Waals surface area (Å²) in [5.74, 6) is 0.866. The maximum Gasteiger partial charge on any atom is 0.206 e. The summed E-state index contributed by atoms with van der Waals surface area (Å²) >= 11 is 0. The molecular formula is C22H25NO3. The highest BCUT2D eigenvalue weighted by atomic mass is 16.3. The number of nitrogens with one attached hydrogen (secondary N) is 1. The fourth-order valence-corrected chi connectivity index (χ4v) is 2.26. The zero-order valence-corrected chi connectivity index (χ0v) is 15.4. The van der Waals surface area contributed by atoms with Gasteiger partial charge in [0.15, 0.2) is 0 Å². The van der Waals surface area contributed by atoms with Gasteiger partial charge in [-0.1, -0.05) is 62.4 Å². The number of amides is 1. The van der Waals surface area contributed by atoms with Gasteiger partial charge in [-0.2, -0.15) is 0 Å². The number of hydrogen-bond donors (Lipinski definition) is 1. The Morgan fingerprint density at radius 1 is 0.923 bits per heavy atom. The van der Waals surface area contributed by atoms with Crippen molar-refractivity contribution in [3.8, 4) is 11.3 Å². The molecule has 3 rings (SSSR count). The summed E-state index contributed by atoms with van der Waals surface area (Å²) in [6.45, 7) is 4.00. The van der Waals surface area contributed by atoms with Crippen LogP contribution in [0.25, 0.3) is 11.3 Å². The number of carbonyl (C=O) groups is 2. The molecule has 0 aliphatic heterocycles. The summed E-state index contributed by atoms with van der Waals surface area (Å²) in [6.07, 6.45) is 3.96. The number of rotatable bonds is 5. The Bertz CT molecular complexity index is 762. The first-order chi connectivity index (χ1) is 12.8. The predicted molar refractivity (Wildman–Crippen MR) is 105 cm³/mol. The first-order valence-electron chi connectivity index (χ1n) is 8.55. The van der Waals surface area contributed by atoms with E-state index in [4.69, 9.17) is 9.21 Å². The molecule has 0 aliphatic rings. The van der Waals surface area contributed by atoms with E-state index in [9.17, 15) is 4.79 Å². The van der Waals surface area contributed by atoms with E-state index >= 15 is 0 Å². The van der Waals surface area contributed by atoms with Gasteiger partial charge >= 0.3 is 0 Å². The lowest BCUT2D eigenvalue weighted by Crippen LogP contribution is -1.98. The first kappa shape index (κ1) is 20.9. The highest BCUT2D eigenvalue weighted by molar-refractivity contribution is 5.77. The monoisotopic (exact) mass is 351 g/mol. The molecule has 4 nitrogen and oxygen atoms in total. The Hall–Kier alpha value is -3.14. The lowest BCUT2D eigenvalue weighted by molar-refractivity contribution is -0.109. The second kappa shape index (κ2) is 12.3. The molecule has 0 aliphatic carbocycles. The third kappa shape index (κ3) is 6.40. The molecule has 2 aromatic carbocycles. The maximum atomic E-state index is 11.0. The van der Waals surface area contributed by atoms with Gasteiger partial charge in [0.1, 0.15) is 12.0 Å². The van der Waals surface area contributed by atoms with Crippen LogP contribution in [-0.2, 0) is 11.2 Å². The fourth-order valence-electron chi connectivity index (χ4n) is 2.26. The Kier molecular flexibility index (Phi) is 9.85. The summed E-state index contributed by atoms with van der Waals surface area (Å²) in [6, 6.07) is 19.7. The summed E-state index contributed by atoms with van der Waals surface area (Å²) < 4.78 is 5.37. The molecule has 26 heavy (non-hydrogen) atoms. The van der Waals surface area contributed by atoms with Gasteiger partial charge in [0, 0.05) is 18.2 Å². The quantitative estimate of drug-likeness (QED) is 0.676. The maximum absolute atomic E-state index is 11.0. The predicted octanol–water partition coefficient (Wildman–Crippen LogP) is 4.74. The average Bonchev–Trinajstić information content (AvgIpc) is 3.25. The molecule has 3 aromatic rings. The van der Waals surface area contributed by atoms with Gasteiger partial charge in [-0.3, -0.25) is 9.59 Å². The molecule has 1 aromatic heterocycles. The summed E-state index contributed by atoms with van der Waals surface area (Å²) in [4.78, 5) is 20.1.